The van der Waals surface area contributed by atoms with Crippen LogP contribution in [0.2, 0.25) is 0 Å². The number of thiazole rings is 1. The molecule has 1 atom stereocenters. The number of aromatic nitrogens is 1. The van der Waals surface area contributed by atoms with Gasteiger partial charge in [0.15, 0.2) is 0 Å². The Hall–Kier alpha value is -2.72. The number of rotatable bonds is 5. The summed E-state index contributed by atoms with van der Waals surface area (Å²) in [4.78, 5) is 27.9. The monoisotopic (exact) mass is 411 g/mol. The highest BCUT2D eigenvalue weighted by atomic mass is 32.1. The van der Waals surface area contributed by atoms with Gasteiger partial charge in [0.25, 0.3) is 5.91 Å². The van der Waals surface area contributed by atoms with Gasteiger partial charge in [-0.25, -0.2) is 4.98 Å². The first-order valence-electron chi connectivity index (χ1n) is 8.34. The van der Waals surface area contributed by atoms with E-state index in [1.165, 1.54) is 23.5 Å². The summed E-state index contributed by atoms with van der Waals surface area (Å²) in [5.74, 6) is -1.22. The zero-order valence-electron chi connectivity index (χ0n) is 14.5. The summed E-state index contributed by atoms with van der Waals surface area (Å²) in [7, 11) is 0. The number of benzene rings is 1. The van der Waals surface area contributed by atoms with Crippen molar-refractivity contribution in [3.8, 4) is 0 Å². The van der Waals surface area contributed by atoms with Crippen molar-refractivity contribution in [1.29, 1.82) is 0 Å². The number of alkyl halides is 3. The maximum Gasteiger partial charge on any atom is 0.418 e. The fourth-order valence-electron chi connectivity index (χ4n) is 2.61. The van der Waals surface area contributed by atoms with Crippen LogP contribution in [0.15, 0.2) is 35.2 Å². The van der Waals surface area contributed by atoms with Gasteiger partial charge in [0, 0.05) is 23.8 Å². The minimum Gasteiger partial charge on any atom is -0.368 e. The lowest BCUT2D eigenvalue weighted by Crippen LogP contribution is -2.27. The van der Waals surface area contributed by atoms with Gasteiger partial charge in [-0.1, -0.05) is 0 Å². The zero-order chi connectivity index (χ0) is 20.1. The average Bonchev–Trinajstić information content (AvgIpc) is 3.34. The maximum absolute atomic E-state index is 13.4. The van der Waals surface area contributed by atoms with Crippen molar-refractivity contribution in [1.82, 2.24) is 4.98 Å². The molecule has 0 spiro atoms. The summed E-state index contributed by atoms with van der Waals surface area (Å²) >= 11 is 1.33. The smallest absolute Gasteiger partial charge is 0.368 e. The normalized spacial score (nSPS) is 17.0. The second-order valence-corrected chi connectivity index (χ2v) is 6.70. The summed E-state index contributed by atoms with van der Waals surface area (Å²) in [5.41, 5.74) is 0.610. The van der Waals surface area contributed by atoms with Gasteiger partial charge in [0.2, 0.25) is 5.91 Å². The molecule has 148 valence electrons. The van der Waals surface area contributed by atoms with Crippen molar-refractivity contribution in [2.75, 3.05) is 17.2 Å². The Morgan fingerprint density at radius 2 is 2.11 bits per heavy atom. The van der Waals surface area contributed by atoms with E-state index in [9.17, 15) is 22.8 Å². The number of carbonyl (C=O) groups excluding carboxylic acids is 2. The molecule has 0 bridgehead atoms. The van der Waals surface area contributed by atoms with E-state index < -0.39 is 35.3 Å². The summed E-state index contributed by atoms with van der Waals surface area (Å²) in [6, 6.07) is 3.18. The first kappa shape index (κ1) is 20.0. The number of amides is 2. The number of hydrogen-bond acceptors (Lipinski definition) is 5. The summed E-state index contributed by atoms with van der Waals surface area (Å²) in [6.45, 7) is 0.450. The lowest BCUT2D eigenvalue weighted by atomic mass is 10.1. The van der Waals surface area contributed by atoms with Crippen LogP contribution >= 0.6 is 11.3 Å². The maximum atomic E-state index is 13.4. The Labute approximate surface area is 162 Å². The van der Waals surface area contributed by atoms with E-state index in [0.29, 0.717) is 18.7 Å². The highest BCUT2D eigenvalue weighted by molar-refractivity contribution is 7.07. The van der Waals surface area contributed by atoms with Crippen molar-refractivity contribution < 1.29 is 27.5 Å². The standard InChI is InChI=1S/C18H16F3N3O3S/c19-18(20,21)13-8-11(23-17(26)15-2-1-7-27-15)3-5-14(13)24-16(25)6-4-12-9-28-10-22-12/h3-6,8-10,15H,1-2,7H2,(H,23,26)(H,24,25)/b6-4+. The molecule has 2 N–H and O–H groups in total. The second-order valence-electron chi connectivity index (χ2n) is 5.98. The van der Waals surface area contributed by atoms with Gasteiger partial charge in [-0.15, -0.1) is 11.3 Å². The van der Waals surface area contributed by atoms with E-state index in [-0.39, 0.29) is 5.69 Å². The van der Waals surface area contributed by atoms with Crippen LogP contribution in [0.1, 0.15) is 24.1 Å². The minimum absolute atomic E-state index is 0.0242. The molecule has 1 aliphatic heterocycles. The minimum atomic E-state index is -4.72. The van der Waals surface area contributed by atoms with Gasteiger partial charge in [0.1, 0.15) is 6.10 Å². The summed E-state index contributed by atoms with van der Waals surface area (Å²) < 4.78 is 45.4. The molecule has 1 aromatic carbocycles. The lowest BCUT2D eigenvalue weighted by Gasteiger charge is -2.16. The number of nitrogens with one attached hydrogen (secondary N) is 2. The van der Waals surface area contributed by atoms with Gasteiger partial charge in [0.05, 0.1) is 22.5 Å². The molecule has 2 amide bonds. The highest BCUT2D eigenvalue weighted by Crippen LogP contribution is 2.36. The Morgan fingerprint density at radius 3 is 2.75 bits per heavy atom. The molecule has 1 aromatic heterocycles. The summed E-state index contributed by atoms with van der Waals surface area (Å²) in [6.07, 6.45) is -1.63. The lowest BCUT2D eigenvalue weighted by molar-refractivity contribution is -0.137. The number of carbonyl (C=O) groups is 2. The molecular weight excluding hydrogens is 395 g/mol. The van der Waals surface area contributed by atoms with Crippen LogP contribution in [-0.4, -0.2) is 29.5 Å². The molecule has 2 aromatic rings. The molecule has 3 rings (SSSR count). The number of hydrogen-bond donors (Lipinski definition) is 2. The zero-order valence-corrected chi connectivity index (χ0v) is 15.3. The van der Waals surface area contributed by atoms with Crippen molar-refractivity contribution in [3.63, 3.8) is 0 Å². The van der Waals surface area contributed by atoms with Crippen molar-refractivity contribution in [2.45, 2.75) is 25.1 Å². The Morgan fingerprint density at radius 1 is 1.29 bits per heavy atom. The van der Waals surface area contributed by atoms with Gasteiger partial charge in [-0.3, -0.25) is 9.59 Å². The van der Waals surface area contributed by atoms with Gasteiger partial charge in [-0.05, 0) is 37.1 Å². The molecule has 1 unspecified atom stereocenters. The third-order valence-electron chi connectivity index (χ3n) is 3.93. The van der Waals surface area contributed by atoms with Gasteiger partial charge >= 0.3 is 6.18 Å². The molecule has 1 aliphatic rings. The molecule has 2 heterocycles. The fourth-order valence-corrected chi connectivity index (χ4v) is 3.13. The number of nitrogens with zero attached hydrogens (tertiary/aromatic N) is 1. The predicted molar refractivity (Wildman–Crippen MR) is 98.8 cm³/mol. The Balaban J connectivity index is 1.75. The fraction of sp³-hybridized carbons (Fsp3) is 0.278. The second kappa shape index (κ2) is 8.53. The number of anilines is 2. The van der Waals surface area contributed by atoms with Crippen LogP contribution in [-0.2, 0) is 20.5 Å². The molecule has 6 nitrogen and oxygen atoms in total. The van der Waals surface area contributed by atoms with Gasteiger partial charge in [-0.2, -0.15) is 13.2 Å². The molecule has 0 radical (unpaired) electrons. The van der Waals surface area contributed by atoms with E-state index in [1.807, 2.05) is 0 Å². The predicted octanol–water partition coefficient (Wildman–Crippen LogP) is 3.93. The van der Waals surface area contributed by atoms with Crippen molar-refractivity contribution in [3.05, 3.63) is 46.4 Å². The number of ether oxygens (including phenoxy) is 1. The van der Waals surface area contributed by atoms with Crippen molar-refractivity contribution in [2.24, 2.45) is 0 Å². The van der Waals surface area contributed by atoms with Crippen LogP contribution in [0.25, 0.3) is 6.08 Å². The van der Waals surface area contributed by atoms with Crippen LogP contribution in [0.4, 0.5) is 24.5 Å². The molecular formula is C18H16F3N3O3S. The van der Waals surface area contributed by atoms with Gasteiger partial charge < -0.3 is 15.4 Å². The quantitative estimate of drug-likeness (QED) is 0.731. The molecule has 0 saturated carbocycles. The summed E-state index contributed by atoms with van der Waals surface area (Å²) in [5, 5.41) is 6.32. The van der Waals surface area contributed by atoms with Crippen LogP contribution in [0.5, 0.6) is 0 Å². The SMILES string of the molecule is O=C(/C=C/c1cscn1)Nc1ccc(NC(=O)C2CCCO2)cc1C(F)(F)F. The van der Waals surface area contributed by atoms with E-state index in [2.05, 4.69) is 15.6 Å². The van der Waals surface area contributed by atoms with Crippen molar-refractivity contribution >= 4 is 40.6 Å². The Kier molecular flexibility index (Phi) is 6.10. The van der Waals surface area contributed by atoms with Crippen LogP contribution in [0, 0.1) is 0 Å². The van der Waals surface area contributed by atoms with Crippen LogP contribution < -0.4 is 10.6 Å². The third kappa shape index (κ3) is 5.17. The van der Waals surface area contributed by atoms with E-state index >= 15 is 0 Å². The first-order chi connectivity index (χ1) is 13.3. The average molecular weight is 411 g/mol. The largest absolute Gasteiger partial charge is 0.418 e. The number of halogens is 3. The van der Waals surface area contributed by atoms with E-state index in [4.69, 9.17) is 4.74 Å². The van der Waals surface area contributed by atoms with E-state index in [1.54, 1.807) is 10.9 Å². The third-order valence-corrected chi connectivity index (χ3v) is 4.53. The molecule has 10 heteroatoms. The highest BCUT2D eigenvalue weighted by Gasteiger charge is 2.34. The molecule has 1 saturated heterocycles. The molecule has 0 aliphatic carbocycles. The topological polar surface area (TPSA) is 80.3 Å². The molecule has 1 fully saturated rings. The first-order valence-corrected chi connectivity index (χ1v) is 9.28. The van der Waals surface area contributed by atoms with Crippen LogP contribution in [0.3, 0.4) is 0 Å². The molecule has 28 heavy (non-hydrogen) atoms. The van der Waals surface area contributed by atoms with E-state index in [0.717, 1.165) is 24.6 Å². The Bertz CT molecular complexity index is 876.